The van der Waals surface area contributed by atoms with Crippen LogP contribution >= 0.6 is 0 Å². The number of phenols is 1. The molecule has 3 aromatic carbocycles. The number of carbonyl (C=O) groups excluding carboxylic acids is 3. The van der Waals surface area contributed by atoms with Gasteiger partial charge in [-0.25, -0.2) is 13.8 Å². The number of carbonyl (C=O) groups is 3. The van der Waals surface area contributed by atoms with E-state index in [9.17, 15) is 28.3 Å². The van der Waals surface area contributed by atoms with Gasteiger partial charge in [-0.2, -0.15) is 0 Å². The van der Waals surface area contributed by atoms with E-state index < -0.39 is 46.7 Å². The summed E-state index contributed by atoms with van der Waals surface area (Å²) in [5.41, 5.74) is 1.02. The van der Waals surface area contributed by atoms with Gasteiger partial charge in [0.05, 0.1) is 7.11 Å². The van der Waals surface area contributed by atoms with E-state index in [2.05, 4.69) is 5.32 Å². The number of amides is 2. The molecule has 0 saturated heterocycles. The Morgan fingerprint density at radius 3 is 2.16 bits per heavy atom. The van der Waals surface area contributed by atoms with Crippen LogP contribution in [0.4, 0.5) is 4.79 Å². The highest BCUT2D eigenvalue weighted by Gasteiger charge is 2.33. The van der Waals surface area contributed by atoms with Gasteiger partial charge in [-0.3, -0.25) is 9.69 Å². The maximum atomic E-state index is 13.9. The van der Waals surface area contributed by atoms with E-state index >= 15 is 0 Å². The van der Waals surface area contributed by atoms with Gasteiger partial charge in [0.25, 0.3) is 0 Å². The summed E-state index contributed by atoms with van der Waals surface area (Å²) in [6.07, 6.45) is -0.788. The summed E-state index contributed by atoms with van der Waals surface area (Å²) in [5, 5.41) is 12.4. The highest BCUT2D eigenvalue weighted by Crippen LogP contribution is 2.24. The Balaban J connectivity index is 1.93. The van der Waals surface area contributed by atoms with Crippen molar-refractivity contribution in [2.75, 3.05) is 14.2 Å². The first-order valence-electron chi connectivity index (χ1n) is 13.8. The lowest BCUT2D eigenvalue weighted by molar-refractivity contribution is -0.149. The summed E-state index contributed by atoms with van der Waals surface area (Å²) < 4.78 is 37.9. The van der Waals surface area contributed by atoms with Crippen LogP contribution in [0.2, 0.25) is 0 Å². The number of methoxy groups -OCH3 is 1. The van der Waals surface area contributed by atoms with Crippen molar-refractivity contribution in [2.45, 2.75) is 62.8 Å². The smallest absolute Gasteiger partial charge is 0.410 e. The lowest BCUT2D eigenvalue weighted by Gasteiger charge is -2.31. The molecule has 3 aromatic rings. The molecule has 12 heteroatoms. The Morgan fingerprint density at radius 1 is 0.932 bits per heavy atom. The molecule has 3 atom stereocenters. The van der Waals surface area contributed by atoms with Crippen LogP contribution in [0.5, 0.6) is 11.5 Å². The van der Waals surface area contributed by atoms with E-state index in [4.69, 9.17) is 14.2 Å². The largest absolute Gasteiger partial charge is 0.508 e. The van der Waals surface area contributed by atoms with Crippen molar-refractivity contribution in [3.63, 3.8) is 0 Å². The Kier molecular flexibility index (Phi) is 11.9. The van der Waals surface area contributed by atoms with E-state index in [-0.39, 0.29) is 35.8 Å². The monoisotopic (exact) mass is 626 g/mol. The zero-order valence-electron chi connectivity index (χ0n) is 25.3. The first-order valence-corrected chi connectivity index (χ1v) is 14.9. The molecule has 0 fully saturated rings. The van der Waals surface area contributed by atoms with Crippen molar-refractivity contribution < 1.29 is 42.5 Å². The maximum absolute atomic E-state index is 13.9. The molecule has 0 spiro atoms. The molecule has 3 N–H and O–H groups in total. The fourth-order valence-electron chi connectivity index (χ4n) is 4.23. The molecular weight excluding hydrogens is 588 g/mol. The molecule has 0 radical (unpaired) electrons. The average molecular weight is 627 g/mol. The van der Waals surface area contributed by atoms with Gasteiger partial charge in [-0.05, 0) is 61.7 Å². The first-order chi connectivity index (χ1) is 20.8. The molecule has 11 nitrogen and oxygen atoms in total. The van der Waals surface area contributed by atoms with Crippen molar-refractivity contribution >= 4 is 29.1 Å². The Hall–Kier alpha value is -4.42. The molecule has 0 aliphatic carbocycles. The summed E-state index contributed by atoms with van der Waals surface area (Å²) in [5.74, 6) is -1.17. The predicted octanol–water partition coefficient (Wildman–Crippen LogP) is 4.23. The highest BCUT2D eigenvalue weighted by atomic mass is 32.2. The summed E-state index contributed by atoms with van der Waals surface area (Å²) in [6, 6.07) is 17.4. The number of likely N-dealkylation sites (N-methyl/N-ethyl adjacent to an activating group) is 1. The number of ether oxygens (including phenoxy) is 3. The number of esters is 1. The van der Waals surface area contributed by atoms with E-state index in [1.165, 1.54) is 38.4 Å². The fourth-order valence-corrected chi connectivity index (χ4v) is 4.81. The van der Waals surface area contributed by atoms with Crippen LogP contribution in [0.3, 0.4) is 0 Å². The Bertz CT molecular complexity index is 1460. The lowest BCUT2D eigenvalue weighted by Crippen LogP contribution is -2.54. The molecule has 44 heavy (non-hydrogen) atoms. The van der Waals surface area contributed by atoms with Crippen molar-refractivity contribution in [1.29, 1.82) is 0 Å². The second-order valence-electron chi connectivity index (χ2n) is 11.1. The molecule has 0 aliphatic heterocycles. The molecule has 0 bridgehead atoms. The zero-order chi connectivity index (χ0) is 32.4. The zero-order valence-corrected chi connectivity index (χ0v) is 26.1. The average Bonchev–Trinajstić information content (AvgIpc) is 2.98. The molecule has 0 heterocycles. The minimum Gasteiger partial charge on any atom is -0.508 e. The van der Waals surface area contributed by atoms with Crippen LogP contribution in [0.1, 0.15) is 37.5 Å². The van der Waals surface area contributed by atoms with Gasteiger partial charge < -0.3 is 29.2 Å². The molecule has 0 aliphatic rings. The van der Waals surface area contributed by atoms with Crippen LogP contribution in [0.25, 0.3) is 0 Å². The number of rotatable bonds is 12. The lowest BCUT2D eigenvalue weighted by atomic mass is 10.0. The van der Waals surface area contributed by atoms with Crippen molar-refractivity contribution in [2.24, 2.45) is 0 Å². The Morgan fingerprint density at radius 2 is 1.57 bits per heavy atom. The molecule has 236 valence electrons. The summed E-state index contributed by atoms with van der Waals surface area (Å²) in [6.45, 7) is 5.06. The number of benzene rings is 3. The van der Waals surface area contributed by atoms with Crippen LogP contribution < -0.4 is 10.1 Å². The number of hydrogen-bond acceptors (Lipinski definition) is 8. The van der Waals surface area contributed by atoms with Crippen molar-refractivity contribution in [3.05, 3.63) is 89.5 Å². The number of nitrogens with zero attached hydrogens (tertiary/aromatic N) is 1. The van der Waals surface area contributed by atoms with E-state index in [1.807, 2.05) is 6.07 Å². The summed E-state index contributed by atoms with van der Waals surface area (Å²) in [4.78, 5) is 41.4. The number of nitrogens with one attached hydrogen (secondary N) is 1. The first kappa shape index (κ1) is 34.1. The van der Waals surface area contributed by atoms with E-state index in [0.717, 1.165) is 10.5 Å². The van der Waals surface area contributed by atoms with Crippen molar-refractivity contribution in [1.82, 2.24) is 10.2 Å². The van der Waals surface area contributed by atoms with Crippen molar-refractivity contribution in [3.8, 4) is 11.5 Å². The van der Waals surface area contributed by atoms with Gasteiger partial charge in [0, 0.05) is 19.9 Å². The van der Waals surface area contributed by atoms with E-state index in [0.29, 0.717) is 11.1 Å². The van der Waals surface area contributed by atoms with Crippen LogP contribution in [-0.4, -0.2) is 68.6 Å². The molecule has 2 amide bonds. The van der Waals surface area contributed by atoms with Gasteiger partial charge in [0.1, 0.15) is 40.7 Å². The number of hydrogen-bond donors (Lipinski definition) is 3. The van der Waals surface area contributed by atoms with E-state index in [1.54, 1.807) is 63.2 Å². The van der Waals surface area contributed by atoms with Gasteiger partial charge >= 0.3 is 12.1 Å². The van der Waals surface area contributed by atoms with Gasteiger partial charge in [-0.15, -0.1) is 0 Å². The van der Waals surface area contributed by atoms with Crippen LogP contribution in [0.15, 0.2) is 77.7 Å². The molecule has 0 saturated carbocycles. The minimum atomic E-state index is -2.37. The minimum absolute atomic E-state index is 0.00240. The Labute approximate surface area is 259 Å². The second kappa shape index (κ2) is 15.3. The summed E-state index contributed by atoms with van der Waals surface area (Å²) >= 11 is -2.37. The fraction of sp³-hybridized carbons (Fsp3) is 0.344. The predicted molar refractivity (Wildman–Crippen MR) is 163 cm³/mol. The van der Waals surface area contributed by atoms with Gasteiger partial charge in [0.2, 0.25) is 5.91 Å². The normalized spacial score (nSPS) is 13.2. The van der Waals surface area contributed by atoms with Gasteiger partial charge in [-0.1, -0.05) is 48.5 Å². The molecule has 1 unspecified atom stereocenters. The summed E-state index contributed by atoms with van der Waals surface area (Å²) in [7, 11) is 2.79. The standard InChI is InChI=1S/C32H38N2O9S/c1-32(2,3)43-31(38)34(4)26(18-21-11-14-24(35)15-12-21)29(36)33-25(30(37)42-20-22-9-7-6-8-10-22)17-23-13-16-27(41-5)28(19-23)44(39)40/h6-16,19,25-26,35H,17-18,20H2,1-5H3,(H,33,36)(H,39,40)/t25-,26-/m0/s1. The van der Waals surface area contributed by atoms with Crippen LogP contribution in [0, 0.1) is 0 Å². The number of aromatic hydroxyl groups is 1. The third kappa shape index (κ3) is 10.1. The highest BCUT2D eigenvalue weighted by molar-refractivity contribution is 7.79. The quantitative estimate of drug-likeness (QED) is 0.198. The second-order valence-corrected chi connectivity index (χ2v) is 12.0. The third-order valence-corrected chi connectivity index (χ3v) is 7.19. The molecule has 0 aromatic heterocycles. The molecule has 3 rings (SSSR count). The third-order valence-electron chi connectivity index (χ3n) is 6.50. The maximum Gasteiger partial charge on any atom is 0.410 e. The van der Waals surface area contributed by atoms with Crippen LogP contribution in [-0.2, 0) is 49.6 Å². The van der Waals surface area contributed by atoms with Gasteiger partial charge in [0.15, 0.2) is 11.1 Å². The SMILES string of the molecule is COc1ccc(C[C@H](NC(=O)[C@H](Cc2ccc(O)cc2)N(C)C(=O)OC(C)(C)C)C(=O)OCc2ccccc2)cc1S(=O)O. The molecular formula is C32H38N2O9S. The topological polar surface area (TPSA) is 152 Å². The number of phenolic OH excluding ortho intramolecular Hbond substituents is 1.